The molecule has 0 aliphatic carbocycles. The summed E-state index contributed by atoms with van der Waals surface area (Å²) in [6.07, 6.45) is 6.20. The van der Waals surface area contributed by atoms with Crippen LogP contribution in [0.4, 0.5) is 5.69 Å². The van der Waals surface area contributed by atoms with E-state index < -0.39 is 0 Å². The Morgan fingerprint density at radius 2 is 2.50 bits per heavy atom. The second kappa shape index (κ2) is 2.29. The van der Waals surface area contributed by atoms with E-state index in [1.165, 1.54) is 24.1 Å². The molecular formula is C8H10N2. The molecule has 52 valence electrons. The number of aryl methyl sites for hydroxylation is 1. The number of nitrogens with zero attached hydrogens (tertiary/aromatic N) is 1. The molecule has 0 bridgehead atoms. The number of aromatic nitrogens is 1. The second-order valence-electron chi connectivity index (χ2n) is 2.56. The molecular weight excluding hydrogens is 124 g/mol. The number of fused-ring (bicyclic) bond motifs is 1. The molecule has 2 heterocycles. The van der Waals surface area contributed by atoms with Gasteiger partial charge in [0.25, 0.3) is 0 Å². The van der Waals surface area contributed by atoms with Crippen molar-refractivity contribution in [2.75, 3.05) is 11.9 Å². The Kier molecular flexibility index (Phi) is 1.31. The van der Waals surface area contributed by atoms with Gasteiger partial charge in [0.1, 0.15) is 0 Å². The lowest BCUT2D eigenvalue weighted by Crippen LogP contribution is -2.11. The van der Waals surface area contributed by atoms with Gasteiger partial charge in [0.05, 0.1) is 11.9 Å². The fourth-order valence-electron chi connectivity index (χ4n) is 1.30. The molecule has 0 amide bonds. The van der Waals surface area contributed by atoms with Crippen molar-refractivity contribution in [3.63, 3.8) is 0 Å². The number of hydrogen-bond acceptors (Lipinski definition) is 2. The Morgan fingerprint density at radius 1 is 1.50 bits per heavy atom. The summed E-state index contributed by atoms with van der Waals surface area (Å²) in [6.45, 7) is 1.10. The number of hydrogen-bond donors (Lipinski definition) is 1. The minimum atomic E-state index is 1.10. The van der Waals surface area contributed by atoms with Crippen LogP contribution in [0.2, 0.25) is 0 Å². The lowest BCUT2D eigenvalue weighted by atomic mass is 10.1. The SMILES string of the molecule is c1cc2c(cn1)NCCC2. The fourth-order valence-corrected chi connectivity index (χ4v) is 1.30. The standard InChI is InChI=1S/C8H10N2/c1-2-7-3-5-9-6-8(7)10-4-1/h3,5-6,10H,1-2,4H2. The summed E-state index contributed by atoms with van der Waals surface area (Å²) in [4.78, 5) is 4.04. The van der Waals surface area contributed by atoms with Crippen molar-refractivity contribution < 1.29 is 0 Å². The van der Waals surface area contributed by atoms with E-state index in [9.17, 15) is 0 Å². The van der Waals surface area contributed by atoms with Crippen molar-refractivity contribution in [3.05, 3.63) is 24.0 Å². The molecule has 10 heavy (non-hydrogen) atoms. The minimum absolute atomic E-state index is 1.10. The Hall–Kier alpha value is -1.05. The topological polar surface area (TPSA) is 24.9 Å². The number of anilines is 1. The fraction of sp³-hybridized carbons (Fsp3) is 0.375. The van der Waals surface area contributed by atoms with E-state index in [2.05, 4.69) is 16.4 Å². The Labute approximate surface area is 60.3 Å². The monoisotopic (exact) mass is 134 g/mol. The smallest absolute Gasteiger partial charge is 0.0559 e. The van der Waals surface area contributed by atoms with Crippen LogP contribution in [0.25, 0.3) is 0 Å². The molecule has 0 fully saturated rings. The van der Waals surface area contributed by atoms with E-state index in [0.29, 0.717) is 0 Å². The largest absolute Gasteiger partial charge is 0.384 e. The summed E-state index contributed by atoms with van der Waals surface area (Å²) in [7, 11) is 0. The second-order valence-corrected chi connectivity index (χ2v) is 2.56. The average molecular weight is 134 g/mol. The predicted octanol–water partition coefficient (Wildman–Crippen LogP) is 1.44. The highest BCUT2D eigenvalue weighted by atomic mass is 14.9. The maximum atomic E-state index is 4.04. The van der Waals surface area contributed by atoms with Crippen LogP contribution in [0.1, 0.15) is 12.0 Å². The molecule has 0 saturated heterocycles. The third-order valence-electron chi connectivity index (χ3n) is 1.85. The zero-order chi connectivity index (χ0) is 6.81. The molecule has 2 rings (SSSR count). The first-order chi connectivity index (χ1) is 4.97. The maximum Gasteiger partial charge on any atom is 0.0559 e. The zero-order valence-corrected chi connectivity index (χ0v) is 5.80. The molecule has 2 heteroatoms. The molecule has 0 spiro atoms. The first-order valence-corrected chi connectivity index (χ1v) is 3.63. The first kappa shape index (κ1) is 5.71. The summed E-state index contributed by atoms with van der Waals surface area (Å²) in [5, 5.41) is 3.30. The van der Waals surface area contributed by atoms with Crippen molar-refractivity contribution in [1.82, 2.24) is 4.98 Å². The molecule has 1 aliphatic rings. The van der Waals surface area contributed by atoms with Crippen LogP contribution in [0, 0.1) is 0 Å². The highest BCUT2D eigenvalue weighted by Gasteiger charge is 2.05. The predicted molar refractivity (Wildman–Crippen MR) is 41.0 cm³/mol. The van der Waals surface area contributed by atoms with Gasteiger partial charge in [-0.05, 0) is 24.5 Å². The van der Waals surface area contributed by atoms with Gasteiger partial charge in [-0.3, -0.25) is 4.98 Å². The number of rotatable bonds is 0. The van der Waals surface area contributed by atoms with E-state index in [1.54, 1.807) is 0 Å². The van der Waals surface area contributed by atoms with Crippen LogP contribution >= 0.6 is 0 Å². The summed E-state index contributed by atoms with van der Waals surface area (Å²) < 4.78 is 0. The lowest BCUT2D eigenvalue weighted by Gasteiger charge is -2.15. The van der Waals surface area contributed by atoms with E-state index in [4.69, 9.17) is 0 Å². The highest BCUT2D eigenvalue weighted by molar-refractivity contribution is 5.50. The highest BCUT2D eigenvalue weighted by Crippen LogP contribution is 2.18. The van der Waals surface area contributed by atoms with Gasteiger partial charge < -0.3 is 5.32 Å². The summed E-state index contributed by atoms with van der Waals surface area (Å²) in [5.74, 6) is 0. The molecule has 0 radical (unpaired) electrons. The van der Waals surface area contributed by atoms with E-state index in [1.807, 2.05) is 12.4 Å². The molecule has 0 atom stereocenters. The summed E-state index contributed by atoms with van der Waals surface area (Å²) >= 11 is 0. The molecule has 0 saturated carbocycles. The third kappa shape index (κ3) is 0.856. The van der Waals surface area contributed by atoms with Gasteiger partial charge in [0, 0.05) is 12.7 Å². The Bertz CT molecular complexity index is 207. The van der Waals surface area contributed by atoms with Crippen molar-refractivity contribution in [2.45, 2.75) is 12.8 Å². The lowest BCUT2D eigenvalue weighted by molar-refractivity contribution is 0.826. The van der Waals surface area contributed by atoms with Crippen LogP contribution < -0.4 is 5.32 Å². The van der Waals surface area contributed by atoms with Gasteiger partial charge >= 0.3 is 0 Å². The summed E-state index contributed by atoms with van der Waals surface area (Å²) in [6, 6.07) is 2.08. The summed E-state index contributed by atoms with van der Waals surface area (Å²) in [5.41, 5.74) is 2.62. The number of pyridine rings is 1. The molecule has 0 aromatic carbocycles. The Morgan fingerprint density at radius 3 is 3.40 bits per heavy atom. The average Bonchev–Trinajstić information content (AvgIpc) is 2.05. The van der Waals surface area contributed by atoms with Gasteiger partial charge in [-0.1, -0.05) is 0 Å². The molecule has 1 aromatic rings. The van der Waals surface area contributed by atoms with Crippen molar-refractivity contribution in [1.29, 1.82) is 0 Å². The third-order valence-corrected chi connectivity index (χ3v) is 1.85. The van der Waals surface area contributed by atoms with Gasteiger partial charge in [-0.25, -0.2) is 0 Å². The van der Waals surface area contributed by atoms with E-state index in [0.717, 1.165) is 6.54 Å². The van der Waals surface area contributed by atoms with E-state index >= 15 is 0 Å². The van der Waals surface area contributed by atoms with Crippen molar-refractivity contribution in [2.24, 2.45) is 0 Å². The van der Waals surface area contributed by atoms with Crippen molar-refractivity contribution >= 4 is 5.69 Å². The normalized spacial score (nSPS) is 15.6. The van der Waals surface area contributed by atoms with Crippen molar-refractivity contribution in [3.8, 4) is 0 Å². The molecule has 2 nitrogen and oxygen atoms in total. The van der Waals surface area contributed by atoms with Crippen LogP contribution in [-0.4, -0.2) is 11.5 Å². The van der Waals surface area contributed by atoms with Gasteiger partial charge in [-0.15, -0.1) is 0 Å². The van der Waals surface area contributed by atoms with Crippen LogP contribution in [0.15, 0.2) is 18.5 Å². The molecule has 1 N–H and O–H groups in total. The minimum Gasteiger partial charge on any atom is -0.384 e. The zero-order valence-electron chi connectivity index (χ0n) is 5.80. The van der Waals surface area contributed by atoms with Gasteiger partial charge in [0.2, 0.25) is 0 Å². The van der Waals surface area contributed by atoms with Gasteiger partial charge in [-0.2, -0.15) is 0 Å². The molecule has 0 unspecified atom stereocenters. The maximum absolute atomic E-state index is 4.04. The van der Waals surface area contributed by atoms with Crippen LogP contribution in [0.3, 0.4) is 0 Å². The van der Waals surface area contributed by atoms with E-state index in [-0.39, 0.29) is 0 Å². The first-order valence-electron chi connectivity index (χ1n) is 3.63. The van der Waals surface area contributed by atoms with Crippen LogP contribution in [-0.2, 0) is 6.42 Å². The quantitative estimate of drug-likeness (QED) is 0.580. The molecule has 1 aliphatic heterocycles. The van der Waals surface area contributed by atoms with Crippen LogP contribution in [0.5, 0.6) is 0 Å². The molecule has 1 aromatic heterocycles. The Balaban J connectivity index is 2.41. The number of nitrogens with one attached hydrogen (secondary N) is 1. The van der Waals surface area contributed by atoms with Gasteiger partial charge in [0.15, 0.2) is 0 Å².